The summed E-state index contributed by atoms with van der Waals surface area (Å²) in [5.74, 6) is 0.855. The number of hydrogen-bond acceptors (Lipinski definition) is 11. The maximum Gasteiger partial charge on any atom is 0.267 e. The Morgan fingerprint density at radius 2 is 1.45 bits per heavy atom. The molecule has 4 aromatic carbocycles. The van der Waals surface area contributed by atoms with Gasteiger partial charge in [0.25, 0.3) is 20.0 Å². The molecule has 0 amide bonds. The average molecular weight is 879 g/mol. The minimum absolute atomic E-state index is 0.00915. The van der Waals surface area contributed by atoms with Crippen molar-refractivity contribution >= 4 is 26.7 Å². The van der Waals surface area contributed by atoms with E-state index in [4.69, 9.17) is 40.2 Å². The topological polar surface area (TPSA) is 126 Å². The van der Waals surface area contributed by atoms with Crippen molar-refractivity contribution in [3.05, 3.63) is 158 Å². The first kappa shape index (κ1) is 46.5. The van der Waals surface area contributed by atoms with Gasteiger partial charge in [0.2, 0.25) is 0 Å². The van der Waals surface area contributed by atoms with Crippen molar-refractivity contribution in [2.45, 2.75) is 90.5 Å². The largest absolute Gasteiger partial charge is 0.497 e. The van der Waals surface area contributed by atoms with Crippen LogP contribution in [0.2, 0.25) is 0 Å². The summed E-state index contributed by atoms with van der Waals surface area (Å²) < 4.78 is 43.7. The van der Waals surface area contributed by atoms with Gasteiger partial charge in [0.1, 0.15) is 29.4 Å². The molecule has 0 spiro atoms. The second kappa shape index (κ2) is 20.9. The van der Waals surface area contributed by atoms with Crippen molar-refractivity contribution in [1.82, 2.24) is 13.8 Å². The van der Waals surface area contributed by atoms with E-state index in [0.717, 1.165) is 26.8 Å². The highest BCUT2D eigenvalue weighted by molar-refractivity contribution is 7.71. The molecule has 1 saturated heterocycles. The second-order valence-electron chi connectivity index (χ2n) is 15.7. The number of benzene rings is 4. The number of methoxy groups -OCH3 is 2. The quantitative estimate of drug-likeness (QED) is 0.0362. The fourth-order valence-electron chi connectivity index (χ4n) is 7.73. The SMILES string of the molecule is COc1ccc(C(OC[C@H]2O[C@@H](n3cc(C)c(=O)n(C(=O)c4ccc(C)cc4)c3=S)C[C@@H]2OP(OCCC#N)N(C(C)C)C(C)C)(c2ccccc2)c2ccc(OC)cc2)cc1. The van der Waals surface area contributed by atoms with E-state index >= 15 is 0 Å². The molecular weight excluding hydrogens is 824 g/mol. The Bertz CT molecular complexity index is 2380. The van der Waals surface area contributed by atoms with Crippen molar-refractivity contribution in [2.24, 2.45) is 0 Å². The molecule has 1 aliphatic rings. The first-order chi connectivity index (χ1) is 29.8. The van der Waals surface area contributed by atoms with E-state index < -0.39 is 44.0 Å². The molecule has 14 heteroatoms. The van der Waals surface area contributed by atoms with Gasteiger partial charge in [-0.25, -0.2) is 9.24 Å². The predicted molar refractivity (Wildman–Crippen MR) is 242 cm³/mol. The number of carbonyl (C=O) groups excluding carboxylic acids is 1. The van der Waals surface area contributed by atoms with E-state index in [1.807, 2.05) is 97.9 Å². The normalized spacial score (nSPS) is 17.0. The molecule has 12 nitrogen and oxygen atoms in total. The highest BCUT2D eigenvalue weighted by Gasteiger charge is 2.45. The van der Waals surface area contributed by atoms with Gasteiger partial charge in [-0.05, 0) is 107 Å². The zero-order chi connectivity index (χ0) is 44.6. The predicted octanol–water partition coefficient (Wildman–Crippen LogP) is 9.66. The van der Waals surface area contributed by atoms with E-state index in [1.54, 1.807) is 44.0 Å². The van der Waals surface area contributed by atoms with Crippen LogP contribution >= 0.6 is 20.7 Å². The van der Waals surface area contributed by atoms with Crippen molar-refractivity contribution in [3.63, 3.8) is 0 Å². The lowest BCUT2D eigenvalue weighted by molar-refractivity contribution is -0.0923. The van der Waals surface area contributed by atoms with E-state index in [-0.39, 0.29) is 42.9 Å². The van der Waals surface area contributed by atoms with E-state index in [0.29, 0.717) is 22.6 Å². The summed E-state index contributed by atoms with van der Waals surface area (Å²) in [6.07, 6.45) is -0.0283. The van der Waals surface area contributed by atoms with Gasteiger partial charge in [-0.3, -0.25) is 14.2 Å². The van der Waals surface area contributed by atoms with Crippen LogP contribution < -0.4 is 15.0 Å². The van der Waals surface area contributed by atoms with Gasteiger partial charge in [-0.1, -0.05) is 72.3 Å². The first-order valence-corrected chi connectivity index (χ1v) is 22.2. The van der Waals surface area contributed by atoms with Crippen LogP contribution in [0.3, 0.4) is 0 Å². The molecule has 1 unspecified atom stereocenters. The highest BCUT2D eigenvalue weighted by atomic mass is 32.1. The van der Waals surface area contributed by atoms with Gasteiger partial charge < -0.3 is 28.0 Å². The number of rotatable bonds is 18. The zero-order valence-corrected chi connectivity index (χ0v) is 38.2. The summed E-state index contributed by atoms with van der Waals surface area (Å²) in [6, 6.07) is 34.8. The van der Waals surface area contributed by atoms with Crippen molar-refractivity contribution in [2.75, 3.05) is 27.4 Å². The molecule has 0 saturated carbocycles. The lowest BCUT2D eigenvalue weighted by Crippen LogP contribution is -2.39. The number of aryl methyl sites for hydroxylation is 2. The third kappa shape index (κ3) is 10.1. The summed E-state index contributed by atoms with van der Waals surface area (Å²) in [5, 5.41) is 9.44. The molecule has 0 bridgehead atoms. The Balaban J connectivity index is 1.47. The number of ether oxygens (including phenoxy) is 4. The van der Waals surface area contributed by atoms with Crippen LogP contribution in [0.25, 0.3) is 0 Å². The van der Waals surface area contributed by atoms with Gasteiger partial charge in [0.15, 0.2) is 4.77 Å². The fraction of sp³-hybridized carbons (Fsp3) is 0.375. The third-order valence-corrected chi connectivity index (χ3v) is 13.4. The maximum absolute atomic E-state index is 14.0. The Labute approximate surface area is 370 Å². The second-order valence-corrected chi connectivity index (χ2v) is 17.5. The molecule has 0 N–H and O–H groups in total. The zero-order valence-electron chi connectivity index (χ0n) is 36.5. The first-order valence-electron chi connectivity index (χ1n) is 20.7. The number of aromatic nitrogens is 2. The number of nitriles is 1. The van der Waals surface area contributed by atoms with Gasteiger partial charge in [-0.2, -0.15) is 5.26 Å². The lowest BCUT2D eigenvalue weighted by Gasteiger charge is -2.39. The molecule has 6 rings (SSSR count). The molecule has 326 valence electrons. The Morgan fingerprint density at radius 1 is 0.887 bits per heavy atom. The molecule has 0 aliphatic carbocycles. The summed E-state index contributed by atoms with van der Waals surface area (Å²) in [4.78, 5) is 27.6. The lowest BCUT2D eigenvalue weighted by atomic mass is 9.80. The van der Waals surface area contributed by atoms with Crippen LogP contribution in [-0.2, 0) is 24.1 Å². The summed E-state index contributed by atoms with van der Waals surface area (Å²) in [5.41, 5.74) is 2.51. The van der Waals surface area contributed by atoms with Crippen LogP contribution in [0.4, 0.5) is 0 Å². The molecule has 1 aliphatic heterocycles. The summed E-state index contributed by atoms with van der Waals surface area (Å²) in [6.45, 7) is 12.1. The molecule has 62 heavy (non-hydrogen) atoms. The number of nitrogens with zero attached hydrogens (tertiary/aromatic N) is 4. The van der Waals surface area contributed by atoms with Gasteiger partial charge >= 0.3 is 0 Å². The molecule has 1 aromatic heterocycles. The maximum atomic E-state index is 14.0. The Kier molecular flexibility index (Phi) is 15.7. The smallest absolute Gasteiger partial charge is 0.267 e. The Hall–Kier alpha value is -5.03. The fourth-order valence-corrected chi connectivity index (χ4v) is 9.83. The van der Waals surface area contributed by atoms with Crippen LogP contribution in [0.5, 0.6) is 11.5 Å². The van der Waals surface area contributed by atoms with E-state index in [1.165, 1.54) is 0 Å². The number of hydrogen-bond donors (Lipinski definition) is 0. The molecule has 1 fully saturated rings. The minimum Gasteiger partial charge on any atom is -0.497 e. The van der Waals surface area contributed by atoms with Gasteiger partial charge in [0.05, 0.1) is 46.0 Å². The van der Waals surface area contributed by atoms with Crippen LogP contribution in [0.15, 0.2) is 114 Å². The standard InChI is InChI=1S/C48H55N4O8PS/c1-32(2)52(33(3)4)61(58-28-12-27-49)60-42-29-44(50-30-35(6)45(53)51(47(50)62)46(54)36-17-15-34(5)16-18-36)59-43(42)31-57-48(37-13-10-9-11-14-37,38-19-23-40(55-7)24-20-38)39-21-25-41(56-8)26-22-39/h9-11,13-26,30,32-33,42-44H,12,28-29,31H2,1-8H3/t42-,43+,44+,61?/m0/s1. The average Bonchev–Trinajstić information content (AvgIpc) is 3.67. The van der Waals surface area contributed by atoms with Crippen LogP contribution in [0.1, 0.15) is 84.9 Å². The van der Waals surface area contributed by atoms with Crippen LogP contribution in [-0.4, -0.2) is 71.4 Å². The third-order valence-electron chi connectivity index (χ3n) is 10.8. The van der Waals surface area contributed by atoms with Crippen molar-refractivity contribution < 1.29 is 32.8 Å². The molecule has 5 aromatic rings. The van der Waals surface area contributed by atoms with Crippen molar-refractivity contribution in [1.29, 1.82) is 5.26 Å². The summed E-state index contributed by atoms with van der Waals surface area (Å²) in [7, 11) is 1.54. The highest BCUT2D eigenvalue weighted by Crippen LogP contribution is 2.51. The minimum atomic E-state index is -1.72. The molecule has 0 radical (unpaired) electrons. The summed E-state index contributed by atoms with van der Waals surface area (Å²) >= 11 is 5.95. The van der Waals surface area contributed by atoms with Gasteiger partial charge in [0, 0.05) is 35.8 Å². The van der Waals surface area contributed by atoms with E-state index in [9.17, 15) is 14.9 Å². The number of carbonyl (C=O) groups is 1. The Morgan fingerprint density at radius 3 is 1.98 bits per heavy atom. The molecule has 4 atom stereocenters. The van der Waals surface area contributed by atoms with E-state index in [2.05, 4.69) is 38.4 Å². The monoisotopic (exact) mass is 878 g/mol. The molecule has 2 heterocycles. The van der Waals surface area contributed by atoms with Crippen molar-refractivity contribution in [3.8, 4) is 17.6 Å². The molecular formula is C48H55N4O8PS. The van der Waals surface area contributed by atoms with Gasteiger partial charge in [-0.15, -0.1) is 0 Å². The van der Waals surface area contributed by atoms with Crippen LogP contribution in [0, 0.1) is 29.9 Å².